The number of thiol groups is 1. The molecule has 0 aliphatic carbocycles. The van der Waals surface area contributed by atoms with Gasteiger partial charge in [-0.2, -0.15) is 0 Å². The molecule has 0 amide bonds. The van der Waals surface area contributed by atoms with Crippen molar-refractivity contribution in [3.8, 4) is 11.5 Å². The number of rotatable bonds is 2. The van der Waals surface area contributed by atoms with Crippen LogP contribution in [0.25, 0.3) is 11.0 Å². The van der Waals surface area contributed by atoms with Crippen LogP contribution >= 0.6 is 12.6 Å². The zero-order chi connectivity index (χ0) is 11.7. The molecule has 0 N–H and O–H groups in total. The second-order valence-corrected chi connectivity index (χ2v) is 3.56. The summed E-state index contributed by atoms with van der Waals surface area (Å²) in [5.41, 5.74) is 0.140. The monoisotopic (exact) mass is 238 g/mol. The Kier molecular flexibility index (Phi) is 2.78. The Balaban J connectivity index is 2.96. The smallest absolute Gasteiger partial charge is 0.197 e. The molecule has 84 valence electrons. The van der Waals surface area contributed by atoms with Crippen LogP contribution in [-0.4, -0.2) is 14.2 Å². The van der Waals surface area contributed by atoms with Crippen molar-refractivity contribution >= 4 is 23.6 Å². The number of hydrogen-bond donors (Lipinski definition) is 1. The largest absolute Gasteiger partial charge is 0.496 e. The van der Waals surface area contributed by atoms with Crippen molar-refractivity contribution in [2.75, 3.05) is 14.2 Å². The molecule has 2 aromatic rings. The van der Waals surface area contributed by atoms with E-state index in [0.717, 1.165) is 0 Å². The summed E-state index contributed by atoms with van der Waals surface area (Å²) in [5.74, 6) is 0.932. The van der Waals surface area contributed by atoms with Gasteiger partial charge in [-0.05, 0) is 12.1 Å². The van der Waals surface area contributed by atoms with Gasteiger partial charge in [0.05, 0.1) is 14.2 Å². The lowest BCUT2D eigenvalue weighted by Gasteiger charge is -2.08. The van der Waals surface area contributed by atoms with E-state index in [2.05, 4.69) is 12.6 Å². The lowest BCUT2D eigenvalue weighted by Crippen LogP contribution is -2.02. The van der Waals surface area contributed by atoms with Crippen LogP contribution < -0.4 is 14.9 Å². The van der Waals surface area contributed by atoms with Gasteiger partial charge < -0.3 is 13.9 Å². The SMILES string of the molecule is COc1ccc(OC)c2c(=O)cc(S)oc12. The van der Waals surface area contributed by atoms with Gasteiger partial charge in [0.1, 0.15) is 11.1 Å². The molecule has 0 atom stereocenters. The molecular formula is C11H10O4S. The summed E-state index contributed by atoms with van der Waals surface area (Å²) in [6.45, 7) is 0. The number of methoxy groups -OCH3 is 2. The fraction of sp³-hybridized carbons (Fsp3) is 0.182. The van der Waals surface area contributed by atoms with E-state index in [1.807, 2.05) is 0 Å². The zero-order valence-corrected chi connectivity index (χ0v) is 9.71. The van der Waals surface area contributed by atoms with Crippen molar-refractivity contribution in [2.24, 2.45) is 0 Å². The maximum absolute atomic E-state index is 11.8. The van der Waals surface area contributed by atoms with E-state index < -0.39 is 0 Å². The quantitative estimate of drug-likeness (QED) is 0.814. The van der Waals surface area contributed by atoms with Gasteiger partial charge in [0.2, 0.25) is 0 Å². The van der Waals surface area contributed by atoms with Crippen LogP contribution in [0.5, 0.6) is 11.5 Å². The number of fused-ring (bicyclic) bond motifs is 1. The predicted octanol–water partition coefficient (Wildman–Crippen LogP) is 2.10. The third kappa shape index (κ3) is 1.63. The standard InChI is InChI=1S/C11H10O4S/c1-13-7-3-4-8(14-2)11-10(7)6(12)5-9(16)15-11/h3-5,16H,1-2H3. The van der Waals surface area contributed by atoms with Crippen molar-refractivity contribution in [1.29, 1.82) is 0 Å². The van der Waals surface area contributed by atoms with E-state index in [0.29, 0.717) is 22.5 Å². The van der Waals surface area contributed by atoms with E-state index >= 15 is 0 Å². The highest BCUT2D eigenvalue weighted by atomic mass is 32.1. The lowest BCUT2D eigenvalue weighted by molar-refractivity contribution is 0.393. The fourth-order valence-corrected chi connectivity index (χ4v) is 1.74. The Bertz CT molecular complexity index is 588. The Hall–Kier alpha value is -1.62. The van der Waals surface area contributed by atoms with E-state index in [-0.39, 0.29) is 10.5 Å². The van der Waals surface area contributed by atoms with Gasteiger partial charge in [-0.3, -0.25) is 4.79 Å². The lowest BCUT2D eigenvalue weighted by atomic mass is 10.2. The molecule has 0 saturated heterocycles. The first kappa shape index (κ1) is 10.9. The van der Waals surface area contributed by atoms with Gasteiger partial charge in [0, 0.05) is 6.07 Å². The summed E-state index contributed by atoms with van der Waals surface area (Å²) < 4.78 is 15.6. The van der Waals surface area contributed by atoms with Gasteiger partial charge in [-0.15, -0.1) is 12.6 Å². The van der Waals surface area contributed by atoms with Crippen molar-refractivity contribution in [3.63, 3.8) is 0 Å². The summed E-state index contributed by atoms with van der Waals surface area (Å²) >= 11 is 4.02. The molecule has 0 bridgehead atoms. The molecule has 0 fully saturated rings. The minimum absolute atomic E-state index is 0.206. The molecule has 4 nitrogen and oxygen atoms in total. The highest BCUT2D eigenvalue weighted by Gasteiger charge is 2.13. The first-order chi connectivity index (χ1) is 7.67. The fourth-order valence-electron chi connectivity index (χ4n) is 1.53. The van der Waals surface area contributed by atoms with E-state index in [1.165, 1.54) is 20.3 Å². The Morgan fingerprint density at radius 1 is 1.19 bits per heavy atom. The first-order valence-corrected chi connectivity index (χ1v) is 5.00. The molecule has 0 unspecified atom stereocenters. The number of benzene rings is 1. The molecule has 1 aromatic carbocycles. The highest BCUT2D eigenvalue weighted by Crippen LogP contribution is 2.31. The van der Waals surface area contributed by atoms with Gasteiger partial charge in [0.15, 0.2) is 21.9 Å². The molecule has 5 heteroatoms. The van der Waals surface area contributed by atoms with E-state index in [1.54, 1.807) is 12.1 Å². The van der Waals surface area contributed by atoms with Crippen LogP contribution in [0.4, 0.5) is 0 Å². The summed E-state index contributed by atoms with van der Waals surface area (Å²) in [6, 6.07) is 4.64. The van der Waals surface area contributed by atoms with Crippen LogP contribution in [0, 0.1) is 0 Å². The maximum Gasteiger partial charge on any atom is 0.197 e. The normalized spacial score (nSPS) is 10.4. The van der Waals surface area contributed by atoms with Gasteiger partial charge in [-0.1, -0.05) is 0 Å². The second-order valence-electron chi connectivity index (χ2n) is 3.12. The Morgan fingerprint density at radius 2 is 1.81 bits per heavy atom. The Morgan fingerprint density at radius 3 is 2.44 bits per heavy atom. The van der Waals surface area contributed by atoms with Crippen LogP contribution in [0.15, 0.2) is 32.5 Å². The molecule has 0 saturated carbocycles. The van der Waals surface area contributed by atoms with Crippen LogP contribution in [-0.2, 0) is 0 Å². The summed E-state index contributed by atoms with van der Waals surface area (Å²) in [4.78, 5) is 11.8. The predicted molar refractivity (Wildman–Crippen MR) is 62.8 cm³/mol. The average Bonchev–Trinajstić information content (AvgIpc) is 2.27. The maximum atomic E-state index is 11.8. The molecule has 1 heterocycles. The molecule has 0 spiro atoms. The number of ether oxygens (including phenoxy) is 2. The molecule has 16 heavy (non-hydrogen) atoms. The third-order valence-corrected chi connectivity index (χ3v) is 2.45. The van der Waals surface area contributed by atoms with E-state index in [4.69, 9.17) is 13.9 Å². The molecule has 0 radical (unpaired) electrons. The molecule has 2 rings (SSSR count). The second kappa shape index (κ2) is 4.09. The van der Waals surface area contributed by atoms with E-state index in [9.17, 15) is 4.79 Å². The van der Waals surface area contributed by atoms with Crippen molar-refractivity contribution in [2.45, 2.75) is 5.09 Å². The van der Waals surface area contributed by atoms with Crippen LogP contribution in [0.1, 0.15) is 0 Å². The first-order valence-electron chi connectivity index (χ1n) is 4.55. The molecule has 0 aliphatic rings. The average molecular weight is 238 g/mol. The molecule has 0 aliphatic heterocycles. The Labute approximate surface area is 97.2 Å². The van der Waals surface area contributed by atoms with Gasteiger partial charge in [0.25, 0.3) is 0 Å². The van der Waals surface area contributed by atoms with Crippen molar-refractivity contribution in [1.82, 2.24) is 0 Å². The van der Waals surface area contributed by atoms with Gasteiger partial charge in [-0.25, -0.2) is 0 Å². The minimum Gasteiger partial charge on any atom is -0.496 e. The topological polar surface area (TPSA) is 48.7 Å². The summed E-state index contributed by atoms with van der Waals surface area (Å²) in [5, 5.41) is 0.601. The summed E-state index contributed by atoms with van der Waals surface area (Å²) in [6.07, 6.45) is 0. The summed E-state index contributed by atoms with van der Waals surface area (Å²) in [7, 11) is 3.00. The van der Waals surface area contributed by atoms with Crippen molar-refractivity contribution < 1.29 is 13.9 Å². The third-order valence-electron chi connectivity index (χ3n) is 2.23. The van der Waals surface area contributed by atoms with Crippen molar-refractivity contribution in [3.05, 3.63) is 28.4 Å². The highest BCUT2D eigenvalue weighted by molar-refractivity contribution is 7.80. The molecular weight excluding hydrogens is 228 g/mol. The molecule has 1 aromatic heterocycles. The van der Waals surface area contributed by atoms with Crippen LogP contribution in [0.3, 0.4) is 0 Å². The number of hydrogen-bond acceptors (Lipinski definition) is 5. The van der Waals surface area contributed by atoms with Gasteiger partial charge >= 0.3 is 0 Å². The minimum atomic E-state index is -0.206. The van der Waals surface area contributed by atoms with Crippen LogP contribution in [0.2, 0.25) is 0 Å². The zero-order valence-electron chi connectivity index (χ0n) is 8.81.